The summed E-state index contributed by atoms with van der Waals surface area (Å²) in [6, 6.07) is 7.32. The van der Waals surface area contributed by atoms with Gasteiger partial charge in [0, 0.05) is 30.1 Å². The fraction of sp³-hybridized carbons (Fsp3) is 0.400. The van der Waals surface area contributed by atoms with Gasteiger partial charge in [-0.15, -0.1) is 0 Å². The van der Waals surface area contributed by atoms with Crippen molar-refractivity contribution in [3.63, 3.8) is 0 Å². The van der Waals surface area contributed by atoms with E-state index in [1.54, 1.807) is 19.1 Å². The van der Waals surface area contributed by atoms with E-state index in [4.69, 9.17) is 0 Å². The average Bonchev–Trinajstić information content (AvgIpc) is 3.43. The molecule has 1 aromatic heterocycles. The Labute approximate surface area is 151 Å². The lowest BCUT2D eigenvalue weighted by Gasteiger charge is -2.45. The molecule has 0 saturated heterocycles. The first-order valence-electron chi connectivity index (χ1n) is 8.93. The van der Waals surface area contributed by atoms with Gasteiger partial charge in [-0.2, -0.15) is 0 Å². The van der Waals surface area contributed by atoms with Crippen LogP contribution >= 0.6 is 0 Å². The van der Waals surface area contributed by atoms with Crippen molar-refractivity contribution < 1.29 is 13.6 Å². The highest BCUT2D eigenvalue weighted by Gasteiger charge is 2.47. The minimum Gasteiger partial charge on any atom is -0.363 e. The van der Waals surface area contributed by atoms with Crippen LogP contribution in [0.4, 0.5) is 20.3 Å². The van der Waals surface area contributed by atoms with Gasteiger partial charge in [-0.1, -0.05) is 6.92 Å². The monoisotopic (exact) mass is 357 g/mol. The quantitative estimate of drug-likeness (QED) is 0.891. The van der Waals surface area contributed by atoms with Crippen molar-refractivity contribution in [2.24, 2.45) is 11.8 Å². The molecule has 3 atom stereocenters. The third kappa shape index (κ3) is 2.93. The van der Waals surface area contributed by atoms with E-state index in [1.807, 2.05) is 4.90 Å². The zero-order chi connectivity index (χ0) is 18.4. The summed E-state index contributed by atoms with van der Waals surface area (Å²) in [6.45, 7) is 3.64. The molecule has 2 aliphatic rings. The average molecular weight is 357 g/mol. The van der Waals surface area contributed by atoms with Crippen LogP contribution in [-0.2, 0) is 4.79 Å². The van der Waals surface area contributed by atoms with E-state index in [0.29, 0.717) is 11.7 Å². The second kappa shape index (κ2) is 6.34. The second-order valence-electron chi connectivity index (χ2n) is 7.26. The standard InChI is InChI=1S/C20H21F2N3O/c1-11-19(24-18-8-6-15(22)10-23-18)16-9-14(21)5-7-17(16)25(12(2)26)20(11)13-3-4-13/h5-11,13,19-20H,3-4H2,1-2H3,(H,23,24)/t11-,19?,20-/m1/s1. The van der Waals surface area contributed by atoms with E-state index in [9.17, 15) is 13.6 Å². The number of hydrogen-bond donors (Lipinski definition) is 1. The molecule has 1 unspecified atom stereocenters. The van der Waals surface area contributed by atoms with Gasteiger partial charge in [-0.3, -0.25) is 4.79 Å². The van der Waals surface area contributed by atoms with Crippen molar-refractivity contribution in [3.8, 4) is 0 Å². The molecular weight excluding hydrogens is 336 g/mol. The van der Waals surface area contributed by atoms with Crippen molar-refractivity contribution in [2.45, 2.75) is 38.8 Å². The molecule has 136 valence electrons. The summed E-state index contributed by atoms with van der Waals surface area (Å²) in [7, 11) is 0. The molecular formula is C20H21F2N3O. The Bertz CT molecular complexity index is 835. The van der Waals surface area contributed by atoms with Crippen molar-refractivity contribution in [1.29, 1.82) is 0 Å². The van der Waals surface area contributed by atoms with E-state index < -0.39 is 5.82 Å². The van der Waals surface area contributed by atoms with Crippen molar-refractivity contribution in [3.05, 3.63) is 53.7 Å². The number of pyridine rings is 1. The van der Waals surface area contributed by atoms with Crippen LogP contribution in [-0.4, -0.2) is 16.9 Å². The molecule has 4 nitrogen and oxygen atoms in total. The largest absolute Gasteiger partial charge is 0.363 e. The van der Waals surface area contributed by atoms with Gasteiger partial charge >= 0.3 is 0 Å². The van der Waals surface area contributed by atoms with E-state index in [1.165, 1.54) is 18.2 Å². The number of rotatable bonds is 3. The number of halogens is 2. The number of fused-ring (bicyclic) bond motifs is 1. The van der Waals surface area contributed by atoms with Crippen molar-refractivity contribution in [2.75, 3.05) is 10.2 Å². The maximum absolute atomic E-state index is 14.0. The molecule has 1 N–H and O–H groups in total. The maximum atomic E-state index is 14.0. The number of carbonyl (C=O) groups excluding carboxylic acids is 1. The molecule has 26 heavy (non-hydrogen) atoms. The number of anilines is 2. The normalized spacial score (nSPS) is 24.9. The Morgan fingerprint density at radius 2 is 1.92 bits per heavy atom. The van der Waals surface area contributed by atoms with Crippen molar-refractivity contribution >= 4 is 17.4 Å². The van der Waals surface area contributed by atoms with Gasteiger partial charge in [0.15, 0.2) is 0 Å². The summed E-state index contributed by atoms with van der Waals surface area (Å²) in [5, 5.41) is 3.33. The Morgan fingerprint density at radius 1 is 1.19 bits per heavy atom. The topological polar surface area (TPSA) is 45.2 Å². The predicted molar refractivity (Wildman–Crippen MR) is 95.8 cm³/mol. The van der Waals surface area contributed by atoms with Crippen LogP contribution in [0.5, 0.6) is 0 Å². The number of benzene rings is 1. The van der Waals surface area contributed by atoms with Gasteiger partial charge in [0.2, 0.25) is 5.91 Å². The SMILES string of the molecule is CC(=O)N1c2ccc(F)cc2C(Nc2ccc(F)cn2)[C@@H](C)[C@@H]1C1CC1. The van der Waals surface area contributed by atoms with Crippen LogP contribution in [0.2, 0.25) is 0 Å². The molecule has 1 aliphatic carbocycles. The van der Waals surface area contributed by atoms with Crippen LogP contribution in [0, 0.1) is 23.5 Å². The third-order valence-electron chi connectivity index (χ3n) is 5.42. The van der Waals surface area contributed by atoms with Crippen LogP contribution in [0.15, 0.2) is 36.5 Å². The fourth-order valence-electron chi connectivity index (χ4n) is 4.16. The van der Waals surface area contributed by atoms with Gasteiger partial charge in [0.05, 0.1) is 12.2 Å². The first-order chi connectivity index (χ1) is 12.5. The summed E-state index contributed by atoms with van der Waals surface area (Å²) in [5.74, 6) is 0.273. The highest BCUT2D eigenvalue weighted by atomic mass is 19.1. The fourth-order valence-corrected chi connectivity index (χ4v) is 4.16. The first-order valence-corrected chi connectivity index (χ1v) is 8.93. The van der Waals surface area contributed by atoms with Crippen molar-refractivity contribution in [1.82, 2.24) is 4.98 Å². The summed E-state index contributed by atoms with van der Waals surface area (Å²) >= 11 is 0. The lowest BCUT2D eigenvalue weighted by Crippen LogP contribution is -2.51. The molecule has 1 fully saturated rings. The van der Waals surface area contributed by atoms with Gasteiger partial charge in [-0.05, 0) is 49.1 Å². The van der Waals surface area contributed by atoms with E-state index >= 15 is 0 Å². The first kappa shape index (κ1) is 16.9. The van der Waals surface area contributed by atoms with E-state index in [0.717, 1.165) is 30.3 Å². The van der Waals surface area contributed by atoms with Crippen LogP contribution in [0.3, 0.4) is 0 Å². The van der Waals surface area contributed by atoms with Crippen LogP contribution < -0.4 is 10.2 Å². The molecule has 1 aromatic carbocycles. The summed E-state index contributed by atoms with van der Waals surface area (Å²) in [6.07, 6.45) is 3.34. The van der Waals surface area contributed by atoms with Crippen LogP contribution in [0.25, 0.3) is 0 Å². The summed E-state index contributed by atoms with van der Waals surface area (Å²) in [4.78, 5) is 18.3. The molecule has 4 rings (SSSR count). The third-order valence-corrected chi connectivity index (χ3v) is 5.42. The molecule has 0 bridgehead atoms. The smallest absolute Gasteiger partial charge is 0.224 e. The molecule has 0 radical (unpaired) electrons. The Morgan fingerprint density at radius 3 is 2.54 bits per heavy atom. The highest BCUT2D eigenvalue weighted by Crippen LogP contribution is 2.49. The van der Waals surface area contributed by atoms with Gasteiger partial charge in [0.25, 0.3) is 0 Å². The van der Waals surface area contributed by atoms with Gasteiger partial charge < -0.3 is 10.2 Å². The number of amides is 1. The minimum atomic E-state index is -0.405. The van der Waals surface area contributed by atoms with Crippen LogP contribution in [0.1, 0.15) is 38.3 Å². The van der Waals surface area contributed by atoms with E-state index in [2.05, 4.69) is 17.2 Å². The molecule has 2 aromatic rings. The summed E-state index contributed by atoms with van der Waals surface area (Å²) in [5.41, 5.74) is 1.48. The molecule has 0 spiro atoms. The summed E-state index contributed by atoms with van der Waals surface area (Å²) < 4.78 is 27.2. The van der Waals surface area contributed by atoms with Gasteiger partial charge in [-0.25, -0.2) is 13.8 Å². The van der Waals surface area contributed by atoms with Gasteiger partial charge in [0.1, 0.15) is 17.5 Å². The Hall–Kier alpha value is -2.50. The zero-order valence-corrected chi connectivity index (χ0v) is 14.7. The number of nitrogens with zero attached hydrogens (tertiary/aromatic N) is 2. The number of hydrogen-bond acceptors (Lipinski definition) is 3. The second-order valence-corrected chi connectivity index (χ2v) is 7.26. The number of carbonyl (C=O) groups is 1. The Kier molecular flexibility index (Phi) is 4.13. The molecule has 6 heteroatoms. The molecule has 1 amide bonds. The Balaban J connectivity index is 1.79. The maximum Gasteiger partial charge on any atom is 0.224 e. The lowest BCUT2D eigenvalue weighted by atomic mass is 9.80. The zero-order valence-electron chi connectivity index (χ0n) is 14.7. The minimum absolute atomic E-state index is 0.0278. The number of nitrogens with one attached hydrogen (secondary N) is 1. The molecule has 1 aliphatic heterocycles. The lowest BCUT2D eigenvalue weighted by molar-refractivity contribution is -0.117. The predicted octanol–water partition coefficient (Wildman–Crippen LogP) is 4.29. The molecule has 1 saturated carbocycles. The highest BCUT2D eigenvalue weighted by molar-refractivity contribution is 5.94. The number of aromatic nitrogens is 1. The molecule has 2 heterocycles. The van der Waals surface area contributed by atoms with E-state index in [-0.39, 0.29) is 29.7 Å².